The van der Waals surface area contributed by atoms with Gasteiger partial charge in [-0.3, -0.25) is 4.74 Å². The van der Waals surface area contributed by atoms with E-state index in [0.717, 1.165) is 0 Å². The van der Waals surface area contributed by atoms with E-state index >= 15 is 0 Å². The van der Waals surface area contributed by atoms with Gasteiger partial charge in [-0.05, 0) is 12.8 Å². The summed E-state index contributed by atoms with van der Waals surface area (Å²) >= 11 is 2.96. The number of halogens is 6. The summed E-state index contributed by atoms with van der Waals surface area (Å²) in [7, 11) is 0. The van der Waals surface area contributed by atoms with Crippen molar-refractivity contribution in [2.45, 2.75) is 42.5 Å². The molecule has 0 aromatic heterocycles. The summed E-state index contributed by atoms with van der Waals surface area (Å²) in [6, 6.07) is 0. The first kappa shape index (κ1) is 12.2. The Labute approximate surface area is 85.7 Å². The van der Waals surface area contributed by atoms with Crippen LogP contribution in [0, 0.1) is 0 Å². The van der Waals surface area contributed by atoms with Gasteiger partial charge in [0.2, 0.25) is 0 Å². The van der Waals surface area contributed by atoms with Gasteiger partial charge < -0.3 is 0 Å². The molecule has 1 aliphatic rings. The van der Waals surface area contributed by atoms with Crippen LogP contribution in [0.5, 0.6) is 0 Å². The molecule has 2 atom stereocenters. The molecule has 1 rings (SSSR count). The van der Waals surface area contributed by atoms with E-state index in [1.54, 1.807) is 0 Å². The van der Waals surface area contributed by atoms with Crippen LogP contribution in [0.3, 0.4) is 0 Å². The number of rotatable bonds is 1. The zero-order valence-corrected chi connectivity index (χ0v) is 8.49. The molecule has 0 saturated heterocycles. The van der Waals surface area contributed by atoms with E-state index in [9.17, 15) is 22.0 Å². The zero-order chi connectivity index (χ0) is 10.9. The van der Waals surface area contributed by atoms with Crippen molar-refractivity contribution in [2.75, 3.05) is 0 Å². The second kappa shape index (κ2) is 4.30. The van der Waals surface area contributed by atoms with Gasteiger partial charge in [0.1, 0.15) is 18.4 Å². The minimum atomic E-state index is -4.99. The molecule has 1 saturated carbocycles. The molecule has 0 radical (unpaired) electrons. The number of ether oxygens (including phenoxy) is 1. The molecular formula is C7H8BrF5O. The molecule has 0 bridgehead atoms. The summed E-state index contributed by atoms with van der Waals surface area (Å²) in [5.41, 5.74) is 0. The second-order valence-electron chi connectivity index (χ2n) is 3.13. The monoisotopic (exact) mass is 282 g/mol. The highest BCUT2D eigenvalue weighted by Gasteiger charge is 2.45. The van der Waals surface area contributed by atoms with Crippen LogP contribution in [-0.4, -0.2) is 29.6 Å². The highest BCUT2D eigenvalue weighted by molar-refractivity contribution is 9.09. The summed E-state index contributed by atoms with van der Waals surface area (Å²) in [5, 5.41) is 0. The first-order chi connectivity index (χ1) is 6.29. The summed E-state index contributed by atoms with van der Waals surface area (Å²) in [4.78, 5) is -0.430. The van der Waals surface area contributed by atoms with Gasteiger partial charge in [-0.1, -0.05) is 15.9 Å². The fourth-order valence-corrected chi connectivity index (χ4v) is 2.10. The second-order valence-corrected chi connectivity index (χ2v) is 4.42. The number of hydrogen-bond acceptors (Lipinski definition) is 1. The van der Waals surface area contributed by atoms with Gasteiger partial charge in [-0.25, -0.2) is 8.78 Å². The molecule has 0 aromatic rings. The lowest BCUT2D eigenvalue weighted by Crippen LogP contribution is -2.45. The quantitative estimate of drug-likeness (QED) is 0.530. The van der Waals surface area contributed by atoms with E-state index in [-0.39, 0.29) is 12.8 Å². The van der Waals surface area contributed by atoms with Gasteiger partial charge in [0.25, 0.3) is 0 Å². The van der Waals surface area contributed by atoms with Crippen LogP contribution in [0.25, 0.3) is 0 Å². The van der Waals surface area contributed by atoms with Gasteiger partial charge in [0.15, 0.2) is 0 Å². The van der Waals surface area contributed by atoms with E-state index in [1.165, 1.54) is 0 Å². The van der Waals surface area contributed by atoms with Crippen molar-refractivity contribution < 1.29 is 26.7 Å². The van der Waals surface area contributed by atoms with Crippen LogP contribution in [0.1, 0.15) is 12.8 Å². The van der Waals surface area contributed by atoms with E-state index in [2.05, 4.69) is 20.7 Å². The van der Waals surface area contributed by atoms with Gasteiger partial charge in [-0.2, -0.15) is 0 Å². The Bertz CT molecular complexity index is 185. The third-order valence-electron chi connectivity index (χ3n) is 1.94. The average molecular weight is 283 g/mol. The highest BCUT2D eigenvalue weighted by Crippen LogP contribution is 2.34. The molecule has 1 fully saturated rings. The Hall–Kier alpha value is 0.0900. The Kier molecular flexibility index (Phi) is 3.74. The van der Waals surface area contributed by atoms with Crippen LogP contribution in [0.15, 0.2) is 0 Å². The number of hydrogen-bond donors (Lipinski definition) is 0. The molecule has 7 heteroatoms. The first-order valence-electron chi connectivity index (χ1n) is 3.96. The van der Waals surface area contributed by atoms with E-state index in [4.69, 9.17) is 0 Å². The van der Waals surface area contributed by atoms with Gasteiger partial charge in [-0.15, -0.1) is 13.2 Å². The predicted octanol–water partition coefficient (Wildman–Crippen LogP) is 3.12. The minimum Gasteiger partial charge on any atom is -0.282 e. The van der Waals surface area contributed by atoms with Crippen molar-refractivity contribution in [1.29, 1.82) is 0 Å². The third kappa shape index (κ3) is 3.34. The van der Waals surface area contributed by atoms with E-state index in [0.29, 0.717) is 0 Å². The maximum Gasteiger partial charge on any atom is 0.522 e. The Morgan fingerprint density at radius 3 is 1.86 bits per heavy atom. The molecular weight excluding hydrogens is 275 g/mol. The molecule has 0 spiro atoms. The molecule has 0 N–H and O–H groups in total. The average Bonchev–Trinajstić information content (AvgIpc) is 1.95. The van der Waals surface area contributed by atoms with Crippen LogP contribution in [0.2, 0.25) is 0 Å². The fraction of sp³-hybridized carbons (Fsp3) is 1.00. The lowest BCUT2D eigenvalue weighted by atomic mass is 9.94. The smallest absolute Gasteiger partial charge is 0.282 e. The normalized spacial score (nSPS) is 39.9. The molecule has 0 heterocycles. The minimum absolute atomic E-state index is 0.166. The summed E-state index contributed by atoms with van der Waals surface area (Å²) < 4.78 is 64.5. The Morgan fingerprint density at radius 2 is 1.50 bits per heavy atom. The van der Waals surface area contributed by atoms with Gasteiger partial charge in [0.05, 0.1) is 0 Å². The lowest BCUT2D eigenvalue weighted by molar-refractivity contribution is -0.357. The Balaban J connectivity index is 2.58. The molecule has 1 nitrogen and oxygen atoms in total. The summed E-state index contributed by atoms with van der Waals surface area (Å²) in [5.74, 6) is 0. The highest BCUT2D eigenvalue weighted by atomic mass is 79.9. The van der Waals surface area contributed by atoms with Crippen molar-refractivity contribution in [3.8, 4) is 0 Å². The number of alkyl halides is 6. The van der Waals surface area contributed by atoms with E-state index in [1.807, 2.05) is 0 Å². The van der Waals surface area contributed by atoms with Gasteiger partial charge in [0, 0.05) is 4.83 Å². The van der Waals surface area contributed by atoms with Crippen LogP contribution in [-0.2, 0) is 4.74 Å². The molecule has 2 unspecified atom stereocenters. The van der Waals surface area contributed by atoms with Crippen molar-refractivity contribution in [2.24, 2.45) is 0 Å². The maximum absolute atomic E-state index is 13.0. The molecule has 0 aliphatic heterocycles. The van der Waals surface area contributed by atoms with Crippen molar-refractivity contribution in [3.05, 3.63) is 0 Å². The molecule has 14 heavy (non-hydrogen) atoms. The Morgan fingerprint density at radius 1 is 1.07 bits per heavy atom. The molecule has 1 aliphatic carbocycles. The van der Waals surface area contributed by atoms with Crippen LogP contribution >= 0.6 is 15.9 Å². The maximum atomic E-state index is 13.0. The molecule has 0 aromatic carbocycles. The van der Waals surface area contributed by atoms with E-state index < -0.39 is 29.6 Å². The molecule has 84 valence electrons. The topological polar surface area (TPSA) is 9.23 Å². The van der Waals surface area contributed by atoms with Crippen molar-refractivity contribution >= 4 is 15.9 Å². The predicted molar refractivity (Wildman–Crippen MR) is 42.7 cm³/mol. The van der Waals surface area contributed by atoms with Crippen LogP contribution < -0.4 is 0 Å². The van der Waals surface area contributed by atoms with Gasteiger partial charge >= 0.3 is 6.36 Å². The van der Waals surface area contributed by atoms with Crippen molar-refractivity contribution in [1.82, 2.24) is 0 Å². The standard InChI is InChI=1S/C7H8BrF5O/c8-3-1-4(9)6(5(10)2-3)14-7(11,12)13/h3-6H,1-2H2. The van der Waals surface area contributed by atoms with Crippen LogP contribution in [0.4, 0.5) is 22.0 Å². The molecule has 0 amide bonds. The third-order valence-corrected chi connectivity index (χ3v) is 2.69. The lowest BCUT2D eigenvalue weighted by Gasteiger charge is -2.32. The summed E-state index contributed by atoms with van der Waals surface area (Å²) in [6.45, 7) is 0. The largest absolute Gasteiger partial charge is 0.522 e. The van der Waals surface area contributed by atoms with Crippen molar-refractivity contribution in [3.63, 3.8) is 0 Å². The SMILES string of the molecule is FC1CC(Br)CC(F)C1OC(F)(F)F. The summed E-state index contributed by atoms with van der Waals surface area (Å²) in [6.07, 6.45) is -11.2. The first-order valence-corrected chi connectivity index (χ1v) is 4.88. The zero-order valence-electron chi connectivity index (χ0n) is 6.90. The fourth-order valence-electron chi connectivity index (χ4n) is 1.38.